The molecule has 0 radical (unpaired) electrons. The lowest BCUT2D eigenvalue weighted by atomic mass is 9.98. The van der Waals surface area contributed by atoms with Crippen molar-refractivity contribution in [3.8, 4) is 0 Å². The number of pyridine rings is 1. The summed E-state index contributed by atoms with van der Waals surface area (Å²) in [4.78, 5) is 30.1. The van der Waals surface area contributed by atoms with Gasteiger partial charge in [-0.15, -0.1) is 0 Å². The number of amides is 1. The van der Waals surface area contributed by atoms with Gasteiger partial charge in [-0.3, -0.25) is 4.79 Å². The van der Waals surface area contributed by atoms with E-state index in [1.807, 2.05) is 6.92 Å². The second kappa shape index (κ2) is 10.8. The number of carbonyl (C=O) groups excluding carboxylic acids is 1. The Hall–Kier alpha value is -3.23. The first-order chi connectivity index (χ1) is 16.1. The topological polar surface area (TPSA) is 96.5 Å². The van der Waals surface area contributed by atoms with Gasteiger partial charge < -0.3 is 15.7 Å². The first-order valence-corrected chi connectivity index (χ1v) is 11.1. The van der Waals surface area contributed by atoms with Crippen LogP contribution in [0.5, 0.6) is 0 Å². The molecule has 1 heterocycles. The highest BCUT2D eigenvalue weighted by atomic mass is 35.5. The highest BCUT2D eigenvalue weighted by Crippen LogP contribution is 2.37. The molecule has 1 unspecified atom stereocenters. The van der Waals surface area contributed by atoms with E-state index in [0.717, 1.165) is 12.1 Å². The fraction of sp³-hybridized carbons (Fsp3) is 0.208. The van der Waals surface area contributed by atoms with Crippen LogP contribution in [0.3, 0.4) is 0 Å². The summed E-state index contributed by atoms with van der Waals surface area (Å²) in [5, 5.41) is 9.73. The molecule has 3 aromatic rings. The van der Waals surface area contributed by atoms with Gasteiger partial charge in [0.05, 0.1) is 21.8 Å². The Morgan fingerprint density at radius 1 is 1.15 bits per heavy atom. The Bertz CT molecular complexity index is 1220. The molecule has 0 aliphatic carbocycles. The largest absolute Gasteiger partial charge is 0.476 e. The summed E-state index contributed by atoms with van der Waals surface area (Å²) in [7, 11) is 0. The highest BCUT2D eigenvalue weighted by molar-refractivity contribution is 6.42. The third kappa shape index (κ3) is 5.63. The van der Waals surface area contributed by atoms with E-state index in [2.05, 4.69) is 4.98 Å². The molecule has 6 nitrogen and oxygen atoms in total. The van der Waals surface area contributed by atoms with Gasteiger partial charge >= 0.3 is 5.97 Å². The van der Waals surface area contributed by atoms with Gasteiger partial charge in [0.25, 0.3) is 5.91 Å². The average Bonchev–Trinajstić information content (AvgIpc) is 2.77. The number of hydrogen-bond acceptors (Lipinski definition) is 4. The van der Waals surface area contributed by atoms with Crippen LogP contribution in [0.4, 0.5) is 14.5 Å². The molecule has 10 heteroatoms. The molecule has 1 atom stereocenters. The minimum Gasteiger partial charge on any atom is -0.476 e. The van der Waals surface area contributed by atoms with Gasteiger partial charge in [-0.1, -0.05) is 48.7 Å². The molecule has 3 rings (SSSR count). The number of anilines is 1. The van der Waals surface area contributed by atoms with Crippen LogP contribution < -0.4 is 5.73 Å². The van der Waals surface area contributed by atoms with Gasteiger partial charge in [-0.2, -0.15) is 0 Å². The van der Waals surface area contributed by atoms with E-state index < -0.39 is 29.6 Å². The second-order valence-electron chi connectivity index (χ2n) is 7.63. The van der Waals surface area contributed by atoms with E-state index in [4.69, 9.17) is 28.9 Å². The van der Waals surface area contributed by atoms with Crippen molar-refractivity contribution in [2.45, 2.75) is 32.4 Å². The average molecular weight is 508 g/mol. The molecular formula is C24H21Cl2F2N3O3. The van der Waals surface area contributed by atoms with Gasteiger partial charge in [0.1, 0.15) is 11.6 Å². The number of aromatic carboxylic acids is 1. The van der Waals surface area contributed by atoms with Crippen LogP contribution in [-0.4, -0.2) is 26.9 Å². The number of halogens is 4. The summed E-state index contributed by atoms with van der Waals surface area (Å²) in [6.07, 6.45) is 2.39. The molecule has 0 aliphatic heterocycles. The van der Waals surface area contributed by atoms with Crippen molar-refractivity contribution >= 4 is 40.8 Å². The Balaban J connectivity index is 2.13. The molecule has 0 aliphatic rings. The first-order valence-electron chi connectivity index (χ1n) is 10.3. The van der Waals surface area contributed by atoms with Gasteiger partial charge in [-0.25, -0.2) is 18.6 Å². The zero-order valence-corrected chi connectivity index (χ0v) is 19.6. The fourth-order valence-corrected chi connectivity index (χ4v) is 4.12. The Labute approximate surface area is 204 Å². The number of benzene rings is 2. The maximum Gasteiger partial charge on any atom is 0.356 e. The number of nitrogen functional groups attached to an aromatic ring is 1. The number of aromatic nitrogens is 1. The summed E-state index contributed by atoms with van der Waals surface area (Å²) in [6.45, 7) is 1.83. The van der Waals surface area contributed by atoms with Crippen molar-refractivity contribution in [2.24, 2.45) is 0 Å². The van der Waals surface area contributed by atoms with Crippen molar-refractivity contribution in [3.63, 3.8) is 0 Å². The lowest BCUT2D eigenvalue weighted by molar-refractivity contribution is 0.0642. The fourth-order valence-electron chi connectivity index (χ4n) is 3.69. The van der Waals surface area contributed by atoms with E-state index in [9.17, 15) is 23.5 Å². The number of hydrogen-bond donors (Lipinski definition) is 2. The molecule has 1 aromatic heterocycles. The predicted molar refractivity (Wildman–Crippen MR) is 126 cm³/mol. The number of nitrogens with two attached hydrogens (primary N) is 1. The van der Waals surface area contributed by atoms with Crippen LogP contribution >= 0.6 is 23.2 Å². The van der Waals surface area contributed by atoms with Crippen molar-refractivity contribution in [1.82, 2.24) is 9.88 Å². The minimum atomic E-state index is -1.29. The highest BCUT2D eigenvalue weighted by Gasteiger charge is 2.29. The number of carboxylic acids is 1. The molecule has 3 N–H and O–H groups in total. The van der Waals surface area contributed by atoms with Crippen LogP contribution in [-0.2, 0) is 6.54 Å². The lowest BCUT2D eigenvalue weighted by Crippen LogP contribution is -2.35. The quantitative estimate of drug-likeness (QED) is 0.382. The van der Waals surface area contributed by atoms with Crippen LogP contribution in [0.25, 0.3) is 0 Å². The van der Waals surface area contributed by atoms with E-state index >= 15 is 0 Å². The van der Waals surface area contributed by atoms with E-state index in [1.54, 1.807) is 18.2 Å². The normalized spacial score (nSPS) is 11.8. The summed E-state index contributed by atoms with van der Waals surface area (Å²) in [5.74, 6) is -3.74. The van der Waals surface area contributed by atoms with Crippen molar-refractivity contribution in [3.05, 3.63) is 92.7 Å². The van der Waals surface area contributed by atoms with Gasteiger partial charge in [0.2, 0.25) is 0 Å². The Kier molecular flexibility index (Phi) is 8.06. The van der Waals surface area contributed by atoms with E-state index in [-0.39, 0.29) is 28.5 Å². The van der Waals surface area contributed by atoms with Gasteiger partial charge in [0.15, 0.2) is 5.69 Å². The lowest BCUT2D eigenvalue weighted by Gasteiger charge is -2.33. The molecule has 34 heavy (non-hydrogen) atoms. The van der Waals surface area contributed by atoms with E-state index in [0.29, 0.717) is 35.1 Å². The predicted octanol–water partition coefficient (Wildman–Crippen LogP) is 6.13. The Morgan fingerprint density at radius 2 is 1.82 bits per heavy atom. The van der Waals surface area contributed by atoms with Gasteiger partial charge in [-0.05, 0) is 41.8 Å². The first kappa shape index (κ1) is 25.4. The summed E-state index contributed by atoms with van der Waals surface area (Å²) < 4.78 is 27.8. The SMILES string of the molecule is CCCC(c1cccc(Cl)c1Cl)N(Cc1cnc(C(=O)O)c(N)c1)C(=O)c1cc(F)cc(F)c1. The van der Waals surface area contributed by atoms with Crippen LogP contribution in [0, 0.1) is 11.6 Å². The third-order valence-corrected chi connectivity index (χ3v) is 6.01. The van der Waals surface area contributed by atoms with Crippen LogP contribution in [0.2, 0.25) is 10.0 Å². The number of carboxylic acid groups (broad SMARTS) is 1. The van der Waals surface area contributed by atoms with Crippen molar-refractivity contribution < 1.29 is 23.5 Å². The van der Waals surface area contributed by atoms with Crippen molar-refractivity contribution in [1.29, 1.82) is 0 Å². The molecule has 2 aromatic carbocycles. The van der Waals surface area contributed by atoms with Gasteiger partial charge in [0, 0.05) is 24.4 Å². The monoisotopic (exact) mass is 507 g/mol. The van der Waals surface area contributed by atoms with Crippen LogP contribution in [0.15, 0.2) is 48.7 Å². The maximum atomic E-state index is 13.9. The van der Waals surface area contributed by atoms with Crippen LogP contribution in [0.1, 0.15) is 57.8 Å². The maximum absolute atomic E-state index is 13.9. The standard InChI is InChI=1S/C24H21Cl2F2N3O3/c1-2-4-20(17-5-3-6-18(25)21(17)26)31(23(32)14-8-15(27)10-16(28)9-14)12-13-7-19(29)22(24(33)34)30-11-13/h3,5-11,20H,2,4,12,29H2,1H3,(H,33,34). The summed E-state index contributed by atoms with van der Waals surface area (Å²) in [5.41, 5.74) is 6.21. The molecular weight excluding hydrogens is 487 g/mol. The minimum absolute atomic E-state index is 0.0815. The smallest absolute Gasteiger partial charge is 0.356 e. The zero-order valence-electron chi connectivity index (χ0n) is 18.1. The Morgan fingerprint density at radius 3 is 2.41 bits per heavy atom. The van der Waals surface area contributed by atoms with Crippen molar-refractivity contribution in [2.75, 3.05) is 5.73 Å². The zero-order chi connectivity index (χ0) is 25.0. The summed E-state index contributed by atoms with van der Waals surface area (Å²) >= 11 is 12.7. The summed E-state index contributed by atoms with van der Waals surface area (Å²) in [6, 6.07) is 8.37. The molecule has 0 saturated carbocycles. The molecule has 0 spiro atoms. The molecule has 0 saturated heterocycles. The number of nitrogens with zero attached hydrogens (tertiary/aromatic N) is 2. The third-order valence-electron chi connectivity index (χ3n) is 5.18. The number of carbonyl (C=O) groups is 2. The number of rotatable bonds is 8. The molecule has 0 fully saturated rings. The molecule has 1 amide bonds. The molecule has 0 bridgehead atoms. The molecule has 178 valence electrons. The second-order valence-corrected chi connectivity index (χ2v) is 8.41. The van der Waals surface area contributed by atoms with E-state index in [1.165, 1.54) is 17.2 Å².